The minimum Gasteiger partial charge on any atom is -0.340 e. The predicted octanol–water partition coefficient (Wildman–Crippen LogP) is 3.83. The zero-order valence-corrected chi connectivity index (χ0v) is 14.8. The number of rotatable bonds is 3. The molecular formula is C17H26NRe-. The molecule has 3 atom stereocenters. The first-order chi connectivity index (χ1) is 8.47. The number of nitrogens with two attached hydrogens (primary N) is 1. The molecule has 2 rings (SSSR count). The van der Waals surface area contributed by atoms with E-state index in [0.717, 1.165) is 6.42 Å². The van der Waals surface area contributed by atoms with Crippen LogP contribution in [-0.4, -0.2) is 5.54 Å². The van der Waals surface area contributed by atoms with Crippen LogP contribution < -0.4 is 5.73 Å². The predicted molar refractivity (Wildman–Crippen MR) is 78.1 cm³/mol. The Morgan fingerprint density at radius 1 is 1.21 bits per heavy atom. The maximum Gasteiger partial charge on any atom is 0.0125 e. The summed E-state index contributed by atoms with van der Waals surface area (Å²) in [4.78, 5) is 0. The molecule has 1 aliphatic rings. The zero-order chi connectivity index (χ0) is 13.2. The topological polar surface area (TPSA) is 26.0 Å². The molecule has 1 aromatic rings. The standard InChI is InChI=1S/C17H26N.Re/c1-13-9-10-16(17(2,3)18)12-15(13)11-14-7-5-4-6-8-14;/h4-8,13,15-16H,1,9-12,18H2,2-3H3;/q-1;. The van der Waals surface area contributed by atoms with Gasteiger partial charge in [-0.05, 0) is 38.2 Å². The first-order valence-electron chi connectivity index (χ1n) is 7.12. The molecule has 0 aliphatic heterocycles. The van der Waals surface area contributed by atoms with Crippen molar-refractivity contribution in [1.29, 1.82) is 0 Å². The van der Waals surface area contributed by atoms with Gasteiger partial charge in [0, 0.05) is 26.0 Å². The number of hydrogen-bond donors (Lipinski definition) is 1. The Bertz CT molecular complexity index is 369. The van der Waals surface area contributed by atoms with E-state index < -0.39 is 0 Å². The van der Waals surface area contributed by atoms with E-state index in [1.807, 2.05) is 0 Å². The van der Waals surface area contributed by atoms with Gasteiger partial charge in [-0.25, -0.2) is 0 Å². The van der Waals surface area contributed by atoms with E-state index in [9.17, 15) is 0 Å². The summed E-state index contributed by atoms with van der Waals surface area (Å²) < 4.78 is 0. The Labute approximate surface area is 132 Å². The first-order valence-corrected chi connectivity index (χ1v) is 7.12. The molecule has 1 fully saturated rings. The van der Waals surface area contributed by atoms with Crippen LogP contribution in [0, 0.1) is 24.7 Å². The van der Waals surface area contributed by atoms with Crippen molar-refractivity contribution in [2.45, 2.75) is 45.1 Å². The van der Waals surface area contributed by atoms with Gasteiger partial charge in [0.25, 0.3) is 0 Å². The number of benzene rings is 1. The van der Waals surface area contributed by atoms with Crippen LogP contribution in [0.5, 0.6) is 0 Å². The van der Waals surface area contributed by atoms with Gasteiger partial charge in [0.2, 0.25) is 0 Å². The van der Waals surface area contributed by atoms with Gasteiger partial charge in [0.15, 0.2) is 0 Å². The molecule has 107 valence electrons. The summed E-state index contributed by atoms with van der Waals surface area (Å²) in [6.07, 6.45) is 4.85. The summed E-state index contributed by atoms with van der Waals surface area (Å²) in [7, 11) is 0. The van der Waals surface area contributed by atoms with E-state index in [0.29, 0.717) is 17.8 Å². The molecule has 1 nitrogen and oxygen atoms in total. The molecule has 0 aromatic heterocycles. The third kappa shape index (κ3) is 4.71. The molecule has 0 saturated heterocycles. The molecule has 1 radical (unpaired) electrons. The summed E-state index contributed by atoms with van der Waals surface area (Å²) in [5.41, 5.74) is 7.68. The summed E-state index contributed by atoms with van der Waals surface area (Å²) in [5.74, 6) is 1.92. The minimum absolute atomic E-state index is 0. The smallest absolute Gasteiger partial charge is 0.0125 e. The van der Waals surface area contributed by atoms with Gasteiger partial charge in [-0.15, -0.1) is 0 Å². The van der Waals surface area contributed by atoms with Gasteiger partial charge in [-0.2, -0.15) is 5.92 Å². The fraction of sp³-hybridized carbons (Fsp3) is 0.588. The molecule has 2 heteroatoms. The van der Waals surface area contributed by atoms with Gasteiger partial charge in [-0.3, -0.25) is 0 Å². The van der Waals surface area contributed by atoms with Crippen molar-refractivity contribution in [2.24, 2.45) is 23.5 Å². The Morgan fingerprint density at radius 2 is 1.84 bits per heavy atom. The maximum absolute atomic E-state index is 6.29. The second-order valence-electron chi connectivity index (χ2n) is 6.54. The fourth-order valence-corrected chi connectivity index (χ4v) is 3.17. The maximum atomic E-state index is 6.29. The van der Waals surface area contributed by atoms with Crippen LogP contribution in [-0.2, 0) is 26.8 Å². The van der Waals surface area contributed by atoms with Crippen molar-refractivity contribution < 1.29 is 20.4 Å². The van der Waals surface area contributed by atoms with Crippen LogP contribution in [0.25, 0.3) is 0 Å². The second-order valence-corrected chi connectivity index (χ2v) is 6.54. The van der Waals surface area contributed by atoms with E-state index in [4.69, 9.17) is 5.73 Å². The van der Waals surface area contributed by atoms with Crippen LogP contribution in [0.1, 0.15) is 38.7 Å². The van der Waals surface area contributed by atoms with E-state index in [1.165, 1.54) is 24.8 Å². The molecule has 1 aliphatic carbocycles. The van der Waals surface area contributed by atoms with Gasteiger partial charge in [0.05, 0.1) is 0 Å². The molecule has 0 heterocycles. The quantitative estimate of drug-likeness (QED) is 0.725. The molecule has 1 saturated carbocycles. The minimum atomic E-state index is -0.0465. The van der Waals surface area contributed by atoms with Crippen molar-refractivity contribution in [3.8, 4) is 0 Å². The van der Waals surface area contributed by atoms with Crippen molar-refractivity contribution in [3.05, 3.63) is 42.8 Å². The van der Waals surface area contributed by atoms with Crippen LogP contribution in [0.4, 0.5) is 0 Å². The molecule has 2 N–H and O–H groups in total. The van der Waals surface area contributed by atoms with E-state index in [2.05, 4.69) is 51.1 Å². The zero-order valence-electron chi connectivity index (χ0n) is 12.1. The Hall–Kier alpha value is -0.158. The van der Waals surface area contributed by atoms with Crippen molar-refractivity contribution in [3.63, 3.8) is 0 Å². The van der Waals surface area contributed by atoms with Crippen molar-refractivity contribution >= 4 is 0 Å². The SMILES string of the molecule is [CH2-]C1CCC(C(C)(C)N)CC1Cc1ccccc1.[Re]. The Morgan fingerprint density at radius 3 is 2.42 bits per heavy atom. The monoisotopic (exact) mass is 431 g/mol. The largest absolute Gasteiger partial charge is 0.340 e. The normalized spacial score (nSPS) is 27.7. The Kier molecular flexibility index (Phi) is 6.25. The molecule has 0 spiro atoms. The Balaban J connectivity index is 0.00000180. The summed E-state index contributed by atoms with van der Waals surface area (Å²) >= 11 is 0. The van der Waals surface area contributed by atoms with E-state index >= 15 is 0 Å². The first kappa shape index (κ1) is 16.9. The molecule has 3 unspecified atom stereocenters. The summed E-state index contributed by atoms with van der Waals surface area (Å²) in [5, 5.41) is 0. The number of hydrogen-bond acceptors (Lipinski definition) is 1. The van der Waals surface area contributed by atoms with E-state index in [1.54, 1.807) is 0 Å². The van der Waals surface area contributed by atoms with Gasteiger partial charge >= 0.3 is 0 Å². The summed E-state index contributed by atoms with van der Waals surface area (Å²) in [6.45, 7) is 8.69. The molecule has 0 bridgehead atoms. The van der Waals surface area contributed by atoms with Gasteiger partial charge in [0.1, 0.15) is 0 Å². The molecular weight excluding hydrogens is 404 g/mol. The molecule has 19 heavy (non-hydrogen) atoms. The third-order valence-corrected chi connectivity index (χ3v) is 4.53. The second kappa shape index (κ2) is 7.02. The van der Waals surface area contributed by atoms with Crippen molar-refractivity contribution in [2.75, 3.05) is 0 Å². The summed E-state index contributed by atoms with van der Waals surface area (Å²) in [6, 6.07) is 10.8. The third-order valence-electron chi connectivity index (χ3n) is 4.53. The average molecular weight is 431 g/mol. The van der Waals surface area contributed by atoms with Gasteiger partial charge in [-0.1, -0.05) is 49.1 Å². The van der Waals surface area contributed by atoms with Crippen LogP contribution in [0.2, 0.25) is 0 Å². The van der Waals surface area contributed by atoms with E-state index in [-0.39, 0.29) is 26.0 Å². The average Bonchev–Trinajstić information content (AvgIpc) is 2.32. The molecule has 1 aromatic carbocycles. The molecule has 0 amide bonds. The fourth-order valence-electron chi connectivity index (χ4n) is 3.17. The van der Waals surface area contributed by atoms with Crippen LogP contribution in [0.3, 0.4) is 0 Å². The van der Waals surface area contributed by atoms with Crippen molar-refractivity contribution in [1.82, 2.24) is 0 Å². The van der Waals surface area contributed by atoms with Crippen LogP contribution >= 0.6 is 0 Å². The van der Waals surface area contributed by atoms with Crippen LogP contribution in [0.15, 0.2) is 30.3 Å². The van der Waals surface area contributed by atoms with Gasteiger partial charge < -0.3 is 12.7 Å².